The first kappa shape index (κ1) is 16.6. The molecule has 0 bridgehead atoms. The molecule has 1 heterocycles. The maximum absolute atomic E-state index is 13.6. The third kappa shape index (κ3) is 3.89. The fourth-order valence-corrected chi connectivity index (χ4v) is 2.39. The van der Waals surface area contributed by atoms with Gasteiger partial charge in [0.05, 0.1) is 11.4 Å². The van der Waals surface area contributed by atoms with E-state index in [0.29, 0.717) is 23.7 Å². The first-order valence-corrected chi connectivity index (χ1v) is 7.34. The van der Waals surface area contributed by atoms with Gasteiger partial charge in [0.15, 0.2) is 0 Å². The van der Waals surface area contributed by atoms with E-state index in [1.165, 1.54) is 12.1 Å². The molecule has 23 heavy (non-hydrogen) atoms. The average Bonchev–Trinajstić information content (AvgIpc) is 2.77. The van der Waals surface area contributed by atoms with Gasteiger partial charge in [0.1, 0.15) is 24.1 Å². The van der Waals surface area contributed by atoms with Gasteiger partial charge in [-0.1, -0.05) is 26.0 Å². The summed E-state index contributed by atoms with van der Waals surface area (Å²) in [4.78, 5) is 12.2. The van der Waals surface area contributed by atoms with Crippen molar-refractivity contribution in [3.05, 3.63) is 47.5 Å². The molecule has 1 amide bonds. The first-order valence-electron chi connectivity index (χ1n) is 7.34. The molecule has 5 nitrogen and oxygen atoms in total. The summed E-state index contributed by atoms with van der Waals surface area (Å²) in [5.41, 5.74) is 7.63. The van der Waals surface area contributed by atoms with Crippen molar-refractivity contribution in [1.82, 2.24) is 4.57 Å². The number of carbonyl (C=O) groups is 1. The van der Waals surface area contributed by atoms with E-state index >= 15 is 0 Å². The van der Waals surface area contributed by atoms with Crippen molar-refractivity contribution in [2.45, 2.75) is 26.8 Å². The number of nitrogens with two attached hydrogens (primary N) is 1. The first-order chi connectivity index (χ1) is 10.9. The molecule has 0 saturated carbocycles. The summed E-state index contributed by atoms with van der Waals surface area (Å²) >= 11 is 0. The maximum Gasteiger partial charge on any atom is 0.244 e. The molecule has 2 aromatic rings. The van der Waals surface area contributed by atoms with E-state index in [1.807, 2.05) is 19.9 Å². The Bertz CT molecular complexity index is 758. The Kier molecular flexibility index (Phi) is 5.02. The third-order valence-electron chi connectivity index (χ3n) is 3.41. The zero-order valence-electron chi connectivity index (χ0n) is 13.1. The second-order valence-electron chi connectivity index (χ2n) is 5.76. The van der Waals surface area contributed by atoms with Crippen LogP contribution in [0, 0.1) is 23.1 Å². The second-order valence-corrected chi connectivity index (χ2v) is 5.76. The lowest BCUT2D eigenvalue weighted by Crippen LogP contribution is -2.22. The lowest BCUT2D eigenvalue weighted by molar-refractivity contribution is -0.116. The Balaban J connectivity index is 2.23. The van der Waals surface area contributed by atoms with E-state index in [0.717, 1.165) is 5.69 Å². The maximum atomic E-state index is 13.6. The van der Waals surface area contributed by atoms with Crippen molar-refractivity contribution in [2.75, 3.05) is 11.1 Å². The molecule has 0 aliphatic heterocycles. The van der Waals surface area contributed by atoms with Crippen molar-refractivity contribution < 1.29 is 9.18 Å². The Labute approximate surface area is 134 Å². The van der Waals surface area contributed by atoms with Gasteiger partial charge in [-0.3, -0.25) is 4.79 Å². The van der Waals surface area contributed by atoms with E-state index in [1.54, 1.807) is 22.8 Å². The predicted molar refractivity (Wildman–Crippen MR) is 87.1 cm³/mol. The molecule has 1 aromatic carbocycles. The van der Waals surface area contributed by atoms with Gasteiger partial charge in [0.2, 0.25) is 5.91 Å². The summed E-state index contributed by atoms with van der Waals surface area (Å²) in [6.45, 7) is 3.97. The van der Waals surface area contributed by atoms with Crippen LogP contribution in [-0.2, 0) is 17.8 Å². The van der Waals surface area contributed by atoms with Gasteiger partial charge in [-0.15, -0.1) is 0 Å². The molecular formula is C17H19FN4O. The quantitative estimate of drug-likeness (QED) is 0.890. The number of benzene rings is 1. The fourth-order valence-electron chi connectivity index (χ4n) is 2.39. The minimum Gasteiger partial charge on any atom is -0.397 e. The van der Waals surface area contributed by atoms with Gasteiger partial charge in [0.25, 0.3) is 0 Å². The van der Waals surface area contributed by atoms with Crippen molar-refractivity contribution in [1.29, 1.82) is 5.26 Å². The minimum absolute atomic E-state index is 0.0868. The number of nitrogen functional groups attached to an aromatic ring is 1. The van der Waals surface area contributed by atoms with Crippen LogP contribution < -0.4 is 11.1 Å². The van der Waals surface area contributed by atoms with Crippen LogP contribution in [-0.4, -0.2) is 10.5 Å². The summed E-state index contributed by atoms with van der Waals surface area (Å²) in [5, 5.41) is 11.7. The molecule has 3 N–H and O–H groups in total. The van der Waals surface area contributed by atoms with Crippen LogP contribution in [0.4, 0.5) is 15.8 Å². The van der Waals surface area contributed by atoms with E-state index in [4.69, 9.17) is 5.73 Å². The number of aromatic nitrogens is 1. The van der Waals surface area contributed by atoms with E-state index in [-0.39, 0.29) is 12.2 Å². The Morgan fingerprint density at radius 2 is 2.13 bits per heavy atom. The van der Waals surface area contributed by atoms with Gasteiger partial charge in [-0.2, -0.15) is 5.26 Å². The lowest BCUT2D eigenvalue weighted by atomic mass is 10.1. The molecule has 0 saturated heterocycles. The van der Waals surface area contributed by atoms with Crippen LogP contribution in [0.25, 0.3) is 0 Å². The summed E-state index contributed by atoms with van der Waals surface area (Å²) in [5.74, 6) is -0.588. The number of amides is 1. The average molecular weight is 314 g/mol. The molecular weight excluding hydrogens is 295 g/mol. The number of halogens is 1. The Hall–Kier alpha value is -2.81. The topological polar surface area (TPSA) is 83.8 Å². The SMILES string of the molecule is CC(C)Cc1c(N)cc(C#N)n1CC(=O)Nc1ccccc1F. The number of nitrogens with zero attached hydrogens (tertiary/aromatic N) is 2. The highest BCUT2D eigenvalue weighted by Gasteiger charge is 2.17. The Morgan fingerprint density at radius 1 is 1.43 bits per heavy atom. The van der Waals surface area contributed by atoms with Gasteiger partial charge in [0, 0.05) is 5.69 Å². The molecule has 0 aliphatic rings. The predicted octanol–water partition coefficient (Wildman–Crippen LogP) is 2.92. The molecule has 0 atom stereocenters. The molecule has 2 rings (SSSR count). The van der Waals surface area contributed by atoms with Crippen LogP contribution in [0.2, 0.25) is 0 Å². The number of para-hydroxylation sites is 1. The van der Waals surface area contributed by atoms with Crippen LogP contribution in [0.3, 0.4) is 0 Å². The normalized spacial score (nSPS) is 10.6. The van der Waals surface area contributed by atoms with E-state index < -0.39 is 11.7 Å². The van der Waals surface area contributed by atoms with Gasteiger partial charge >= 0.3 is 0 Å². The number of hydrogen-bond donors (Lipinski definition) is 2. The smallest absolute Gasteiger partial charge is 0.244 e. The summed E-state index contributed by atoms with van der Waals surface area (Å²) in [7, 11) is 0. The van der Waals surface area contributed by atoms with E-state index in [9.17, 15) is 14.4 Å². The van der Waals surface area contributed by atoms with Gasteiger partial charge in [-0.05, 0) is 30.5 Å². The molecule has 6 heteroatoms. The minimum atomic E-state index is -0.504. The second kappa shape index (κ2) is 6.97. The van der Waals surface area contributed by atoms with Crippen LogP contribution >= 0.6 is 0 Å². The highest BCUT2D eigenvalue weighted by Crippen LogP contribution is 2.22. The summed E-state index contributed by atoms with van der Waals surface area (Å²) in [6.07, 6.45) is 0.653. The molecule has 0 fully saturated rings. The molecule has 0 radical (unpaired) electrons. The zero-order valence-corrected chi connectivity index (χ0v) is 13.1. The largest absolute Gasteiger partial charge is 0.397 e. The van der Waals surface area contributed by atoms with E-state index in [2.05, 4.69) is 5.32 Å². The zero-order chi connectivity index (χ0) is 17.0. The third-order valence-corrected chi connectivity index (χ3v) is 3.41. The van der Waals surface area contributed by atoms with Crippen molar-refractivity contribution in [2.24, 2.45) is 5.92 Å². The number of carbonyl (C=O) groups excluding carboxylic acids is 1. The van der Waals surface area contributed by atoms with Gasteiger partial charge in [-0.25, -0.2) is 4.39 Å². The molecule has 0 aliphatic carbocycles. The number of nitrogens with one attached hydrogen (secondary N) is 1. The number of nitriles is 1. The highest BCUT2D eigenvalue weighted by molar-refractivity contribution is 5.91. The highest BCUT2D eigenvalue weighted by atomic mass is 19.1. The van der Waals surface area contributed by atoms with Crippen molar-refractivity contribution in [3.63, 3.8) is 0 Å². The molecule has 0 spiro atoms. The standard InChI is InChI=1S/C17H19FN4O/c1-11(2)7-16-14(20)8-12(9-19)22(16)10-17(23)21-15-6-4-3-5-13(15)18/h3-6,8,11H,7,10,20H2,1-2H3,(H,21,23). The van der Waals surface area contributed by atoms with Crippen molar-refractivity contribution >= 4 is 17.3 Å². The Morgan fingerprint density at radius 3 is 2.74 bits per heavy atom. The summed E-state index contributed by atoms with van der Waals surface area (Å²) < 4.78 is 15.2. The van der Waals surface area contributed by atoms with Crippen LogP contribution in [0.5, 0.6) is 0 Å². The molecule has 1 aromatic heterocycles. The number of rotatable bonds is 5. The summed E-state index contributed by atoms with van der Waals surface area (Å²) in [6, 6.07) is 9.54. The van der Waals surface area contributed by atoms with Crippen LogP contribution in [0.15, 0.2) is 30.3 Å². The lowest BCUT2D eigenvalue weighted by Gasteiger charge is -2.13. The van der Waals surface area contributed by atoms with Gasteiger partial charge < -0.3 is 15.6 Å². The fraction of sp³-hybridized carbons (Fsp3) is 0.294. The molecule has 120 valence electrons. The number of hydrogen-bond acceptors (Lipinski definition) is 3. The monoisotopic (exact) mass is 314 g/mol. The van der Waals surface area contributed by atoms with Crippen LogP contribution in [0.1, 0.15) is 25.2 Å². The van der Waals surface area contributed by atoms with Crippen molar-refractivity contribution in [3.8, 4) is 6.07 Å². The molecule has 0 unspecified atom stereocenters. The number of anilines is 2.